The second-order valence-corrected chi connectivity index (χ2v) is 3.21. The minimum Gasteiger partial charge on any atom is -0.456 e. The van der Waals surface area contributed by atoms with E-state index in [0.29, 0.717) is 11.5 Å². The normalized spacial score (nSPS) is 9.88. The first-order chi connectivity index (χ1) is 7.75. The average molecular weight is 215 g/mol. The van der Waals surface area contributed by atoms with Crippen molar-refractivity contribution in [1.29, 1.82) is 0 Å². The Morgan fingerprint density at radius 2 is 1.69 bits per heavy atom. The minimum absolute atomic E-state index is 0.195. The molecule has 0 fully saturated rings. The van der Waals surface area contributed by atoms with E-state index in [-0.39, 0.29) is 5.59 Å². The van der Waals surface area contributed by atoms with Gasteiger partial charge in [-0.05, 0) is 24.3 Å². The van der Waals surface area contributed by atoms with E-state index < -0.39 is 7.12 Å². The van der Waals surface area contributed by atoms with Gasteiger partial charge in [0.2, 0.25) is 0 Å². The molecule has 0 saturated carbocycles. The van der Waals surface area contributed by atoms with Crippen LogP contribution in [-0.2, 0) is 0 Å². The van der Waals surface area contributed by atoms with Crippen LogP contribution >= 0.6 is 0 Å². The third-order valence-electron chi connectivity index (χ3n) is 2.00. The first-order valence-electron chi connectivity index (χ1n) is 4.81. The Labute approximate surface area is 93.3 Å². The van der Waals surface area contributed by atoms with Crippen LogP contribution < -0.4 is 10.3 Å². The summed E-state index contributed by atoms with van der Waals surface area (Å²) in [6.07, 6.45) is 1.45. The zero-order valence-corrected chi connectivity index (χ0v) is 8.45. The lowest BCUT2D eigenvalue weighted by atomic mass is 9.86. The Balaban J connectivity index is 2.11. The molecular formula is C11H10BNO3. The number of hydrogen-bond acceptors (Lipinski definition) is 4. The lowest BCUT2D eigenvalue weighted by Gasteiger charge is -2.05. The van der Waals surface area contributed by atoms with Crippen molar-refractivity contribution in [1.82, 2.24) is 4.98 Å². The summed E-state index contributed by atoms with van der Waals surface area (Å²) in [6, 6.07) is 12.4. The predicted octanol–water partition coefficient (Wildman–Crippen LogP) is 0.554. The van der Waals surface area contributed by atoms with Gasteiger partial charge in [-0.2, -0.15) is 0 Å². The maximum absolute atomic E-state index is 8.86. The molecule has 1 aromatic heterocycles. The van der Waals surface area contributed by atoms with Gasteiger partial charge in [0, 0.05) is 0 Å². The summed E-state index contributed by atoms with van der Waals surface area (Å²) in [7, 11) is -1.55. The highest BCUT2D eigenvalue weighted by atomic mass is 16.5. The zero-order valence-electron chi connectivity index (χ0n) is 8.45. The highest BCUT2D eigenvalue weighted by Crippen LogP contribution is 2.18. The lowest BCUT2D eigenvalue weighted by molar-refractivity contribution is 0.424. The summed E-state index contributed by atoms with van der Waals surface area (Å²) < 4.78 is 5.49. The second kappa shape index (κ2) is 4.78. The standard InChI is InChI=1S/C11H10BNO3/c14-12(15)11-7-6-10(8-13-11)16-9-4-2-1-3-5-9/h1-8,14-15H. The molecule has 0 saturated heterocycles. The largest absolute Gasteiger partial charge is 0.508 e. The predicted molar refractivity (Wildman–Crippen MR) is 60.6 cm³/mol. The fourth-order valence-electron chi connectivity index (χ4n) is 1.23. The molecule has 0 aliphatic heterocycles. The van der Waals surface area contributed by atoms with Crippen molar-refractivity contribution in [2.24, 2.45) is 0 Å². The second-order valence-electron chi connectivity index (χ2n) is 3.21. The van der Waals surface area contributed by atoms with Crippen LogP contribution in [0.15, 0.2) is 48.7 Å². The van der Waals surface area contributed by atoms with E-state index in [9.17, 15) is 0 Å². The van der Waals surface area contributed by atoms with Crippen LogP contribution in [0.3, 0.4) is 0 Å². The minimum atomic E-state index is -1.55. The van der Waals surface area contributed by atoms with Gasteiger partial charge in [-0.3, -0.25) is 4.98 Å². The molecule has 2 rings (SSSR count). The van der Waals surface area contributed by atoms with Crippen LogP contribution in [0.1, 0.15) is 0 Å². The maximum Gasteiger partial charge on any atom is 0.508 e. The Morgan fingerprint density at radius 1 is 0.938 bits per heavy atom. The van der Waals surface area contributed by atoms with Crippen molar-refractivity contribution in [2.75, 3.05) is 0 Å². The maximum atomic E-state index is 8.86. The number of hydrogen-bond donors (Lipinski definition) is 2. The third kappa shape index (κ3) is 2.59. The highest BCUT2D eigenvalue weighted by Gasteiger charge is 2.11. The van der Waals surface area contributed by atoms with Gasteiger partial charge in [0.05, 0.1) is 11.8 Å². The number of nitrogens with zero attached hydrogens (tertiary/aromatic N) is 1. The fourth-order valence-corrected chi connectivity index (χ4v) is 1.23. The van der Waals surface area contributed by atoms with Crippen LogP contribution in [0.5, 0.6) is 11.5 Å². The number of para-hydroxylation sites is 1. The van der Waals surface area contributed by atoms with Crippen LogP contribution in [0.4, 0.5) is 0 Å². The van der Waals surface area contributed by atoms with E-state index >= 15 is 0 Å². The summed E-state index contributed by atoms with van der Waals surface area (Å²) in [5.74, 6) is 1.26. The van der Waals surface area contributed by atoms with Gasteiger partial charge in [-0.1, -0.05) is 18.2 Å². The Hall–Kier alpha value is -1.85. The molecule has 0 radical (unpaired) electrons. The van der Waals surface area contributed by atoms with Gasteiger partial charge in [0.1, 0.15) is 11.5 Å². The molecule has 0 aliphatic carbocycles. The van der Waals surface area contributed by atoms with Crippen molar-refractivity contribution in [3.05, 3.63) is 48.7 Å². The van der Waals surface area contributed by atoms with Gasteiger partial charge in [-0.25, -0.2) is 0 Å². The molecule has 0 atom stereocenters. The summed E-state index contributed by atoms with van der Waals surface area (Å²) in [5.41, 5.74) is 0.195. The molecule has 80 valence electrons. The first kappa shape index (κ1) is 10.7. The van der Waals surface area contributed by atoms with Gasteiger partial charge >= 0.3 is 7.12 Å². The Kier molecular flexibility index (Phi) is 3.19. The Morgan fingerprint density at radius 3 is 2.25 bits per heavy atom. The third-order valence-corrected chi connectivity index (χ3v) is 2.00. The lowest BCUT2D eigenvalue weighted by Crippen LogP contribution is -2.32. The summed E-state index contributed by atoms with van der Waals surface area (Å²) in [5, 5.41) is 17.7. The van der Waals surface area contributed by atoms with Gasteiger partial charge in [0.25, 0.3) is 0 Å². The molecule has 0 amide bonds. The molecule has 4 nitrogen and oxygen atoms in total. The van der Waals surface area contributed by atoms with Crippen LogP contribution in [0.25, 0.3) is 0 Å². The first-order valence-corrected chi connectivity index (χ1v) is 4.81. The van der Waals surface area contributed by atoms with Crippen LogP contribution in [0.2, 0.25) is 0 Å². The van der Waals surface area contributed by atoms with E-state index in [1.54, 1.807) is 6.07 Å². The molecule has 0 bridgehead atoms. The number of pyridine rings is 1. The Bertz CT molecular complexity index is 445. The fraction of sp³-hybridized carbons (Fsp3) is 0. The van der Waals surface area contributed by atoms with E-state index in [1.807, 2.05) is 30.3 Å². The van der Waals surface area contributed by atoms with Crippen molar-refractivity contribution in [3.8, 4) is 11.5 Å². The molecular weight excluding hydrogens is 205 g/mol. The van der Waals surface area contributed by atoms with Crippen molar-refractivity contribution < 1.29 is 14.8 Å². The molecule has 0 unspecified atom stereocenters. The van der Waals surface area contributed by atoms with Crippen molar-refractivity contribution in [3.63, 3.8) is 0 Å². The smallest absolute Gasteiger partial charge is 0.456 e. The number of ether oxygens (including phenoxy) is 1. The van der Waals surface area contributed by atoms with E-state index in [2.05, 4.69) is 4.98 Å². The molecule has 5 heteroatoms. The number of aromatic nitrogens is 1. The van der Waals surface area contributed by atoms with Crippen molar-refractivity contribution >= 4 is 12.7 Å². The SMILES string of the molecule is OB(O)c1ccc(Oc2ccccc2)cn1. The summed E-state index contributed by atoms with van der Waals surface area (Å²) in [6.45, 7) is 0. The van der Waals surface area contributed by atoms with E-state index in [0.717, 1.165) is 0 Å². The monoisotopic (exact) mass is 215 g/mol. The molecule has 0 aliphatic rings. The molecule has 1 aromatic carbocycles. The van der Waals surface area contributed by atoms with Gasteiger partial charge in [0.15, 0.2) is 0 Å². The quantitative estimate of drug-likeness (QED) is 0.734. The average Bonchev–Trinajstić information content (AvgIpc) is 2.31. The zero-order chi connectivity index (χ0) is 11.4. The highest BCUT2D eigenvalue weighted by molar-refractivity contribution is 6.57. The number of rotatable bonds is 3. The van der Waals surface area contributed by atoms with Gasteiger partial charge in [-0.15, -0.1) is 0 Å². The molecule has 1 heterocycles. The van der Waals surface area contributed by atoms with Gasteiger partial charge < -0.3 is 14.8 Å². The molecule has 2 aromatic rings. The summed E-state index contributed by atoms with van der Waals surface area (Å²) in [4.78, 5) is 3.85. The van der Waals surface area contributed by atoms with E-state index in [4.69, 9.17) is 14.8 Å². The topological polar surface area (TPSA) is 62.6 Å². The summed E-state index contributed by atoms with van der Waals surface area (Å²) >= 11 is 0. The van der Waals surface area contributed by atoms with Crippen LogP contribution in [0, 0.1) is 0 Å². The van der Waals surface area contributed by atoms with Crippen LogP contribution in [-0.4, -0.2) is 22.2 Å². The molecule has 2 N–H and O–H groups in total. The molecule has 0 spiro atoms. The van der Waals surface area contributed by atoms with Crippen molar-refractivity contribution in [2.45, 2.75) is 0 Å². The molecule has 16 heavy (non-hydrogen) atoms. The number of benzene rings is 1. The van der Waals surface area contributed by atoms with E-state index in [1.165, 1.54) is 12.3 Å².